The van der Waals surface area contributed by atoms with Gasteiger partial charge in [0.1, 0.15) is 0 Å². The van der Waals surface area contributed by atoms with E-state index < -0.39 is 0 Å². The van der Waals surface area contributed by atoms with Gasteiger partial charge in [-0.2, -0.15) is 0 Å². The molecule has 2 unspecified atom stereocenters. The lowest BCUT2D eigenvalue weighted by Crippen LogP contribution is -2.45. The number of rotatable bonds is 1. The second kappa shape index (κ2) is 3.81. The molecule has 0 spiro atoms. The van der Waals surface area contributed by atoms with Crippen LogP contribution in [0, 0.1) is 5.92 Å². The third-order valence-electron chi connectivity index (χ3n) is 3.89. The lowest BCUT2D eigenvalue weighted by molar-refractivity contribution is 0.101. The Hall–Kier alpha value is -1.42. The summed E-state index contributed by atoms with van der Waals surface area (Å²) in [4.78, 5) is 23.6. The van der Waals surface area contributed by atoms with Gasteiger partial charge < -0.3 is 9.88 Å². The summed E-state index contributed by atoms with van der Waals surface area (Å²) in [7, 11) is 0. The molecule has 3 rings (SSSR count). The molecule has 90 valence electrons. The first-order valence-electron chi connectivity index (χ1n) is 6.12. The fourth-order valence-electron chi connectivity index (χ4n) is 3.06. The maximum Gasteiger partial charge on any atom is 0.261 e. The molecule has 1 aromatic heterocycles. The number of Topliss-reactive ketones (excluding diaryl/α,β-unsaturated/α-hetero) is 1. The van der Waals surface area contributed by atoms with E-state index in [1.165, 1.54) is 6.92 Å². The number of hydrogen-bond donors (Lipinski definition) is 1. The Morgan fingerprint density at radius 3 is 3.00 bits per heavy atom. The second-order valence-electron chi connectivity index (χ2n) is 5.10. The molecular weight excluding hydrogens is 216 g/mol. The first-order valence-corrected chi connectivity index (χ1v) is 6.12. The molecule has 1 fully saturated rings. The minimum absolute atomic E-state index is 0.105. The van der Waals surface area contributed by atoms with Gasteiger partial charge in [-0.3, -0.25) is 9.59 Å². The van der Waals surface area contributed by atoms with Crippen LogP contribution in [0.15, 0.2) is 16.9 Å². The summed E-state index contributed by atoms with van der Waals surface area (Å²) >= 11 is 0. The smallest absolute Gasteiger partial charge is 0.261 e. The Morgan fingerprint density at radius 2 is 2.24 bits per heavy atom. The van der Waals surface area contributed by atoms with Gasteiger partial charge in [-0.05, 0) is 37.9 Å². The summed E-state index contributed by atoms with van der Waals surface area (Å²) < 4.78 is 1.82. The van der Waals surface area contributed by atoms with Gasteiger partial charge in [-0.25, -0.2) is 0 Å². The topological polar surface area (TPSA) is 51.1 Å². The number of carbonyl (C=O) groups is 1. The number of piperidine rings is 1. The molecule has 2 aliphatic heterocycles. The molecule has 0 aliphatic carbocycles. The molecule has 0 amide bonds. The van der Waals surface area contributed by atoms with E-state index in [9.17, 15) is 9.59 Å². The van der Waals surface area contributed by atoms with E-state index in [2.05, 4.69) is 5.32 Å². The van der Waals surface area contributed by atoms with Crippen molar-refractivity contribution >= 4 is 5.78 Å². The molecule has 4 nitrogen and oxygen atoms in total. The van der Waals surface area contributed by atoms with Crippen LogP contribution >= 0.6 is 0 Å². The number of aromatic nitrogens is 1. The van der Waals surface area contributed by atoms with Crippen molar-refractivity contribution in [3.8, 4) is 0 Å². The van der Waals surface area contributed by atoms with Crippen LogP contribution in [0.25, 0.3) is 0 Å². The number of nitrogens with zero attached hydrogens (tertiary/aromatic N) is 1. The maximum atomic E-state index is 12.2. The minimum atomic E-state index is -0.140. The highest BCUT2D eigenvalue weighted by molar-refractivity contribution is 5.93. The number of nitrogens with one attached hydrogen (secondary N) is 1. The number of pyridine rings is 1. The quantitative estimate of drug-likeness (QED) is 0.727. The van der Waals surface area contributed by atoms with Crippen LogP contribution in [0.3, 0.4) is 0 Å². The second-order valence-corrected chi connectivity index (χ2v) is 5.10. The highest BCUT2D eigenvalue weighted by atomic mass is 16.1. The van der Waals surface area contributed by atoms with Crippen molar-refractivity contribution in [3.05, 3.63) is 33.7 Å². The Kier molecular flexibility index (Phi) is 2.40. The maximum absolute atomic E-state index is 12.2. The van der Waals surface area contributed by atoms with E-state index in [-0.39, 0.29) is 11.3 Å². The molecular formula is C13H16N2O2. The molecule has 3 heterocycles. The summed E-state index contributed by atoms with van der Waals surface area (Å²) in [5.74, 6) is 0.816. The summed E-state index contributed by atoms with van der Waals surface area (Å²) in [6.07, 6.45) is 1.16. The average molecular weight is 232 g/mol. The molecule has 0 radical (unpaired) electrons. The summed E-state index contributed by atoms with van der Waals surface area (Å²) in [5.41, 5.74) is 1.30. The van der Waals surface area contributed by atoms with Gasteiger partial charge in [0.15, 0.2) is 5.78 Å². The molecule has 4 heteroatoms. The van der Waals surface area contributed by atoms with Gasteiger partial charge >= 0.3 is 0 Å². The highest BCUT2D eigenvalue weighted by Gasteiger charge is 2.31. The fraction of sp³-hybridized carbons (Fsp3) is 0.538. The first-order chi connectivity index (χ1) is 8.16. The summed E-state index contributed by atoms with van der Waals surface area (Å²) in [6.45, 7) is 4.12. The van der Waals surface area contributed by atoms with Crippen molar-refractivity contribution in [2.24, 2.45) is 5.92 Å². The third kappa shape index (κ3) is 1.63. The van der Waals surface area contributed by atoms with Crippen molar-refractivity contribution < 1.29 is 4.79 Å². The van der Waals surface area contributed by atoms with Crippen molar-refractivity contribution in [1.29, 1.82) is 0 Å². The zero-order valence-corrected chi connectivity index (χ0v) is 9.90. The van der Waals surface area contributed by atoms with Gasteiger partial charge in [-0.1, -0.05) is 0 Å². The van der Waals surface area contributed by atoms with Gasteiger partial charge in [0, 0.05) is 24.7 Å². The van der Waals surface area contributed by atoms with Crippen LogP contribution in [0.2, 0.25) is 0 Å². The van der Waals surface area contributed by atoms with E-state index in [0.29, 0.717) is 17.4 Å². The first kappa shape index (κ1) is 10.7. The van der Waals surface area contributed by atoms with Crippen molar-refractivity contribution in [1.82, 2.24) is 9.88 Å². The molecule has 1 aromatic rings. The standard InChI is InChI=1S/C13H16N2O2/c1-8(16)11-2-3-12-10-4-9(5-14-6-10)7-15(12)13(11)17/h2-3,9-10,14H,4-7H2,1H3. The van der Waals surface area contributed by atoms with E-state index in [4.69, 9.17) is 0 Å². The van der Waals surface area contributed by atoms with Crippen LogP contribution in [0.1, 0.15) is 35.3 Å². The van der Waals surface area contributed by atoms with E-state index in [0.717, 1.165) is 31.7 Å². The summed E-state index contributed by atoms with van der Waals surface area (Å²) in [6, 6.07) is 3.64. The lowest BCUT2D eigenvalue weighted by atomic mass is 9.84. The minimum Gasteiger partial charge on any atom is -0.316 e. The number of carbonyl (C=O) groups excluding carboxylic acids is 1. The number of fused-ring (bicyclic) bond motifs is 4. The number of ketones is 1. The Bertz CT molecular complexity index is 533. The van der Waals surface area contributed by atoms with Crippen LogP contribution in [-0.2, 0) is 6.54 Å². The molecule has 1 N–H and O–H groups in total. The zero-order valence-electron chi connectivity index (χ0n) is 9.90. The van der Waals surface area contributed by atoms with Crippen molar-refractivity contribution in [3.63, 3.8) is 0 Å². The molecule has 2 bridgehead atoms. The Balaban J connectivity index is 2.15. The Labute approximate surface area is 99.6 Å². The third-order valence-corrected chi connectivity index (χ3v) is 3.89. The van der Waals surface area contributed by atoms with Crippen molar-refractivity contribution in [2.45, 2.75) is 25.8 Å². The van der Waals surface area contributed by atoms with Gasteiger partial charge in [0.2, 0.25) is 0 Å². The predicted molar refractivity (Wildman–Crippen MR) is 64.4 cm³/mol. The molecule has 0 saturated carbocycles. The molecule has 2 atom stereocenters. The lowest BCUT2D eigenvalue weighted by Gasteiger charge is -2.37. The number of hydrogen-bond acceptors (Lipinski definition) is 3. The van der Waals surface area contributed by atoms with Crippen molar-refractivity contribution in [2.75, 3.05) is 13.1 Å². The molecule has 2 aliphatic rings. The highest BCUT2D eigenvalue weighted by Crippen LogP contribution is 2.31. The van der Waals surface area contributed by atoms with Crippen LogP contribution in [-0.4, -0.2) is 23.4 Å². The molecule has 0 aromatic carbocycles. The van der Waals surface area contributed by atoms with Crippen LogP contribution < -0.4 is 10.9 Å². The van der Waals surface area contributed by atoms with Gasteiger partial charge in [0.05, 0.1) is 5.56 Å². The van der Waals surface area contributed by atoms with Crippen LogP contribution in [0.4, 0.5) is 0 Å². The van der Waals surface area contributed by atoms with Gasteiger partial charge in [0.25, 0.3) is 5.56 Å². The molecule has 1 saturated heterocycles. The summed E-state index contributed by atoms with van der Waals surface area (Å²) in [5, 5.41) is 3.40. The van der Waals surface area contributed by atoms with E-state index in [1.807, 2.05) is 10.6 Å². The van der Waals surface area contributed by atoms with Gasteiger partial charge in [-0.15, -0.1) is 0 Å². The van der Waals surface area contributed by atoms with Crippen LogP contribution in [0.5, 0.6) is 0 Å². The SMILES string of the molecule is CC(=O)c1ccc2n(c1=O)CC1CNCC2C1. The zero-order chi connectivity index (χ0) is 12.0. The Morgan fingerprint density at radius 1 is 1.41 bits per heavy atom. The fourth-order valence-corrected chi connectivity index (χ4v) is 3.06. The molecule has 17 heavy (non-hydrogen) atoms. The average Bonchev–Trinajstić information content (AvgIpc) is 2.30. The normalized spacial score (nSPS) is 26.4. The predicted octanol–water partition coefficient (Wildman–Crippen LogP) is 0.758. The van der Waals surface area contributed by atoms with E-state index >= 15 is 0 Å². The largest absolute Gasteiger partial charge is 0.316 e. The van der Waals surface area contributed by atoms with E-state index in [1.54, 1.807) is 6.07 Å². The monoisotopic (exact) mass is 232 g/mol.